The van der Waals surface area contributed by atoms with Crippen LogP contribution in [0.5, 0.6) is 0 Å². The first-order chi connectivity index (χ1) is 14.9. The minimum atomic E-state index is -3.17. The van der Waals surface area contributed by atoms with Crippen molar-refractivity contribution in [3.05, 3.63) is 43.6 Å². The van der Waals surface area contributed by atoms with E-state index < -0.39 is 27.6 Å². The molecule has 1 unspecified atom stereocenters. The summed E-state index contributed by atoms with van der Waals surface area (Å²) in [7, 11) is -3.17. The quantitative estimate of drug-likeness (QED) is 0.473. The van der Waals surface area contributed by atoms with E-state index in [4.69, 9.17) is 0 Å². The number of carbonyl (C=O) groups excluding carboxylic acids is 2. The van der Waals surface area contributed by atoms with Gasteiger partial charge in [-0.25, -0.2) is 12.8 Å². The van der Waals surface area contributed by atoms with E-state index in [2.05, 4.69) is 16.0 Å². The van der Waals surface area contributed by atoms with Crippen molar-refractivity contribution in [2.75, 3.05) is 23.4 Å². The zero-order valence-electron chi connectivity index (χ0n) is 17.6. The van der Waals surface area contributed by atoms with Gasteiger partial charge in [-0.1, -0.05) is 13.8 Å². The average Bonchev–Trinajstić information content (AvgIpc) is 3.17. The first-order valence-electron chi connectivity index (χ1n) is 10.1. The van der Waals surface area contributed by atoms with Gasteiger partial charge in [-0.3, -0.25) is 9.59 Å². The normalized spacial score (nSPS) is 21.4. The zero-order valence-corrected chi connectivity index (χ0v) is 21.3. The summed E-state index contributed by atoms with van der Waals surface area (Å²) >= 11 is 3.12. The molecular weight excluding hydrogens is 568 g/mol. The fraction of sp³-hybridized carbons (Fsp3) is 0.429. The Kier molecular flexibility index (Phi) is 6.27. The highest BCUT2D eigenvalue weighted by Crippen LogP contribution is 2.40. The van der Waals surface area contributed by atoms with Crippen LogP contribution < -0.4 is 16.0 Å². The van der Waals surface area contributed by atoms with E-state index in [1.807, 2.05) is 36.4 Å². The fourth-order valence-electron chi connectivity index (χ4n) is 3.97. The molecule has 1 aromatic carbocycles. The predicted molar refractivity (Wildman–Crippen MR) is 131 cm³/mol. The number of rotatable bonds is 4. The van der Waals surface area contributed by atoms with Gasteiger partial charge < -0.3 is 16.0 Å². The molecule has 3 N–H and O–H groups in total. The van der Waals surface area contributed by atoms with Crippen LogP contribution >= 0.6 is 33.9 Å². The van der Waals surface area contributed by atoms with Crippen molar-refractivity contribution < 1.29 is 22.4 Å². The Balaban J connectivity index is 1.76. The predicted octanol–water partition coefficient (Wildman–Crippen LogP) is 3.46. The maximum absolute atomic E-state index is 14.5. The van der Waals surface area contributed by atoms with Crippen LogP contribution in [0.1, 0.15) is 45.9 Å². The smallest absolute Gasteiger partial charge is 0.261 e. The zero-order chi connectivity index (χ0) is 23.3. The Morgan fingerprint density at radius 2 is 2.09 bits per heavy atom. The van der Waals surface area contributed by atoms with Crippen molar-refractivity contribution in [2.24, 2.45) is 5.41 Å². The lowest BCUT2D eigenvalue weighted by atomic mass is 9.85. The number of anilines is 2. The molecule has 11 heteroatoms. The van der Waals surface area contributed by atoms with Crippen molar-refractivity contribution in [2.45, 2.75) is 32.7 Å². The molecule has 0 spiro atoms. The van der Waals surface area contributed by atoms with Gasteiger partial charge in [-0.2, -0.15) is 0 Å². The molecule has 4 rings (SSSR count). The number of sulfone groups is 1. The number of hydrogen-bond acceptors (Lipinski definition) is 6. The van der Waals surface area contributed by atoms with Crippen molar-refractivity contribution in [1.82, 2.24) is 10.6 Å². The summed E-state index contributed by atoms with van der Waals surface area (Å²) in [6.07, 6.45) is 0.820. The van der Waals surface area contributed by atoms with E-state index in [0.717, 1.165) is 14.9 Å². The first kappa shape index (κ1) is 23.4. The third-order valence-corrected chi connectivity index (χ3v) is 9.16. The van der Waals surface area contributed by atoms with E-state index in [0.29, 0.717) is 34.8 Å². The van der Waals surface area contributed by atoms with E-state index in [9.17, 15) is 22.4 Å². The van der Waals surface area contributed by atoms with E-state index in [-0.39, 0.29) is 34.1 Å². The summed E-state index contributed by atoms with van der Waals surface area (Å²) in [5, 5.41) is 9.08. The van der Waals surface area contributed by atoms with Gasteiger partial charge in [0.25, 0.3) is 11.8 Å². The molecule has 1 aromatic heterocycles. The monoisotopic (exact) mass is 591 g/mol. The Labute approximate surface area is 203 Å². The molecule has 2 amide bonds. The summed E-state index contributed by atoms with van der Waals surface area (Å²) in [5.41, 5.74) is 0.775. The van der Waals surface area contributed by atoms with Gasteiger partial charge in [0.1, 0.15) is 10.8 Å². The summed E-state index contributed by atoms with van der Waals surface area (Å²) in [6, 6.07) is 4.21. The number of halogens is 2. The van der Waals surface area contributed by atoms with Crippen LogP contribution in [0.4, 0.5) is 15.1 Å². The Hall–Kier alpha value is -1.73. The highest BCUT2D eigenvalue weighted by Gasteiger charge is 2.36. The molecule has 0 aliphatic carbocycles. The average molecular weight is 591 g/mol. The second kappa shape index (κ2) is 8.56. The molecule has 1 atom stereocenters. The van der Waals surface area contributed by atoms with E-state index in [1.165, 1.54) is 6.07 Å². The van der Waals surface area contributed by atoms with Crippen LogP contribution in [0, 0.1) is 14.8 Å². The topological polar surface area (TPSA) is 104 Å². The molecule has 0 radical (unpaired) electrons. The highest BCUT2D eigenvalue weighted by molar-refractivity contribution is 14.1. The largest absolute Gasteiger partial charge is 0.351 e. The lowest BCUT2D eigenvalue weighted by Gasteiger charge is -2.23. The SMILES string of the molecule is CC1(C)CNC(=O)c2sc(Nc3ccc(I)cc3F)c(C(=O)NC3CCS(=O)(=O)C3)c2C1. The van der Waals surface area contributed by atoms with Crippen molar-refractivity contribution >= 4 is 66.3 Å². The number of thiophene rings is 1. The number of hydrogen-bond donors (Lipinski definition) is 3. The highest BCUT2D eigenvalue weighted by atomic mass is 127. The minimum Gasteiger partial charge on any atom is -0.351 e. The van der Waals surface area contributed by atoms with E-state index >= 15 is 0 Å². The Bertz CT molecular complexity index is 1210. The van der Waals surface area contributed by atoms with Gasteiger partial charge in [0.2, 0.25) is 0 Å². The van der Waals surface area contributed by atoms with Gasteiger partial charge in [-0.05, 0) is 64.6 Å². The lowest BCUT2D eigenvalue weighted by Crippen LogP contribution is -2.36. The van der Waals surface area contributed by atoms with Gasteiger partial charge >= 0.3 is 0 Å². The molecule has 2 aliphatic rings. The van der Waals surface area contributed by atoms with Crippen molar-refractivity contribution in [3.8, 4) is 0 Å². The summed E-state index contributed by atoms with van der Waals surface area (Å²) < 4.78 is 38.9. The first-order valence-corrected chi connectivity index (χ1v) is 13.8. The Morgan fingerprint density at radius 1 is 1.34 bits per heavy atom. The van der Waals surface area contributed by atoms with Crippen molar-refractivity contribution in [3.63, 3.8) is 0 Å². The summed E-state index contributed by atoms with van der Waals surface area (Å²) in [4.78, 5) is 26.5. The second-order valence-electron chi connectivity index (χ2n) is 8.96. The Morgan fingerprint density at radius 3 is 2.75 bits per heavy atom. The molecular formula is C21H23FIN3O4S2. The molecule has 3 heterocycles. The number of carbonyl (C=O) groups is 2. The molecule has 2 aliphatic heterocycles. The van der Waals surface area contributed by atoms with Crippen LogP contribution in [0.15, 0.2) is 18.2 Å². The number of nitrogens with one attached hydrogen (secondary N) is 3. The third-order valence-electron chi connectivity index (χ3n) is 5.57. The third kappa shape index (κ3) is 4.93. The molecule has 1 fully saturated rings. The lowest BCUT2D eigenvalue weighted by molar-refractivity contribution is 0.0938. The minimum absolute atomic E-state index is 0.0358. The number of amides is 2. The number of fused-ring (bicyclic) bond motifs is 1. The standard InChI is InChI=1S/C21H23FIN3O4S2/c1-21(2)8-13-16(18(27)25-12-5-6-32(29,30)9-12)20(31-17(13)19(28)24-10-21)26-15-4-3-11(23)7-14(15)22/h3-4,7,12,26H,5-6,8-10H2,1-2H3,(H,24,28)(H,25,27). The van der Waals surface area contributed by atoms with Gasteiger partial charge in [0.05, 0.1) is 27.6 Å². The van der Waals surface area contributed by atoms with Gasteiger partial charge in [0.15, 0.2) is 9.84 Å². The molecule has 172 valence electrons. The number of benzene rings is 1. The summed E-state index contributed by atoms with van der Waals surface area (Å²) in [6.45, 7) is 4.46. The molecule has 1 saturated heterocycles. The molecule has 32 heavy (non-hydrogen) atoms. The van der Waals surface area contributed by atoms with Crippen LogP contribution in [-0.4, -0.2) is 44.3 Å². The van der Waals surface area contributed by atoms with E-state index in [1.54, 1.807) is 12.1 Å². The van der Waals surface area contributed by atoms with Crippen LogP contribution in [-0.2, 0) is 16.3 Å². The maximum Gasteiger partial charge on any atom is 0.261 e. The second-order valence-corrected chi connectivity index (χ2v) is 13.5. The summed E-state index contributed by atoms with van der Waals surface area (Å²) in [5.74, 6) is -1.27. The maximum atomic E-state index is 14.5. The van der Waals surface area contributed by atoms with Crippen LogP contribution in [0.25, 0.3) is 0 Å². The van der Waals surface area contributed by atoms with Crippen molar-refractivity contribution in [1.29, 1.82) is 0 Å². The molecule has 7 nitrogen and oxygen atoms in total. The molecule has 0 bridgehead atoms. The fourth-order valence-corrected chi connectivity index (χ4v) is 7.24. The van der Waals surface area contributed by atoms with Gasteiger partial charge in [0, 0.05) is 16.2 Å². The van der Waals surface area contributed by atoms with Gasteiger partial charge in [-0.15, -0.1) is 11.3 Å². The van der Waals surface area contributed by atoms with Crippen LogP contribution in [0.3, 0.4) is 0 Å². The van der Waals surface area contributed by atoms with Crippen LogP contribution in [0.2, 0.25) is 0 Å². The molecule has 2 aromatic rings. The molecule has 0 saturated carbocycles.